The highest BCUT2D eigenvalue weighted by Gasteiger charge is 2.46. The molecule has 2 rings (SSSR count). The molecule has 2 saturated carbocycles. The van der Waals surface area contributed by atoms with Gasteiger partial charge >= 0.3 is 0 Å². The zero-order chi connectivity index (χ0) is 9.53. The second-order valence-electron chi connectivity index (χ2n) is 5.24. The second-order valence-corrected chi connectivity index (χ2v) is 5.24. The van der Waals surface area contributed by atoms with E-state index in [2.05, 4.69) is 0 Å². The molecule has 0 radical (unpaired) electrons. The zero-order valence-corrected chi connectivity index (χ0v) is 8.31. The average molecular weight is 182 g/mol. The molecule has 0 aromatic carbocycles. The molecule has 2 nitrogen and oxygen atoms in total. The summed E-state index contributed by atoms with van der Waals surface area (Å²) in [4.78, 5) is 11.4. The highest BCUT2D eigenvalue weighted by Crippen LogP contribution is 2.51. The van der Waals surface area contributed by atoms with Crippen LogP contribution in [0.4, 0.5) is 0 Å². The van der Waals surface area contributed by atoms with Gasteiger partial charge in [-0.2, -0.15) is 0 Å². The molecule has 0 bridgehead atoms. The summed E-state index contributed by atoms with van der Waals surface area (Å²) in [5.74, 6) is 0.406. The number of carbonyl (C=O) groups is 1. The quantitative estimate of drug-likeness (QED) is 0.622. The fourth-order valence-electron chi connectivity index (χ4n) is 3.14. The molecule has 0 aromatic rings. The van der Waals surface area contributed by atoms with Gasteiger partial charge < -0.3 is 5.11 Å². The van der Waals surface area contributed by atoms with Crippen LogP contribution in [0, 0.1) is 5.41 Å². The smallest absolute Gasteiger partial charge is 0.133 e. The van der Waals surface area contributed by atoms with Crippen molar-refractivity contribution in [2.45, 2.75) is 57.5 Å². The molecule has 2 atom stereocenters. The van der Waals surface area contributed by atoms with Crippen LogP contribution in [0.2, 0.25) is 0 Å². The monoisotopic (exact) mass is 182 g/mol. The van der Waals surface area contributed by atoms with Crippen LogP contribution < -0.4 is 0 Å². The second kappa shape index (κ2) is 2.81. The Balaban J connectivity index is 2.09. The van der Waals surface area contributed by atoms with Crippen molar-refractivity contribution in [3.8, 4) is 0 Å². The molecule has 0 amide bonds. The third-order valence-corrected chi connectivity index (χ3v) is 3.68. The van der Waals surface area contributed by atoms with Crippen molar-refractivity contribution in [2.24, 2.45) is 5.41 Å². The largest absolute Gasteiger partial charge is 0.390 e. The molecule has 1 N–H and O–H groups in total. The molecular weight excluding hydrogens is 164 g/mol. The molecule has 74 valence electrons. The van der Waals surface area contributed by atoms with Crippen LogP contribution in [0.15, 0.2) is 0 Å². The van der Waals surface area contributed by atoms with Crippen LogP contribution >= 0.6 is 0 Å². The molecule has 2 unspecified atom stereocenters. The fourth-order valence-corrected chi connectivity index (χ4v) is 3.14. The summed E-state index contributed by atoms with van der Waals surface area (Å²) < 4.78 is 0. The average Bonchev–Trinajstić information content (AvgIpc) is 2.26. The molecule has 13 heavy (non-hydrogen) atoms. The van der Waals surface area contributed by atoms with Crippen LogP contribution in [0.25, 0.3) is 0 Å². The van der Waals surface area contributed by atoms with Crippen molar-refractivity contribution >= 4 is 5.78 Å². The van der Waals surface area contributed by atoms with Crippen LogP contribution in [0.3, 0.4) is 0 Å². The number of hydrogen-bond acceptors (Lipinski definition) is 2. The summed E-state index contributed by atoms with van der Waals surface area (Å²) in [6.07, 6.45) is 6.44. The van der Waals surface area contributed by atoms with Gasteiger partial charge in [0.15, 0.2) is 0 Å². The Morgan fingerprint density at radius 1 is 1.31 bits per heavy atom. The van der Waals surface area contributed by atoms with E-state index < -0.39 is 5.60 Å². The maximum Gasteiger partial charge on any atom is 0.133 e. The van der Waals surface area contributed by atoms with Crippen LogP contribution in [-0.2, 0) is 4.79 Å². The Morgan fingerprint density at radius 2 is 2.08 bits per heavy atom. The molecular formula is C11H18O2. The number of Topliss-reactive ketones (excluding diaryl/α,β-unsaturated/α-hetero) is 1. The third kappa shape index (κ3) is 1.78. The lowest BCUT2D eigenvalue weighted by Crippen LogP contribution is -2.29. The summed E-state index contributed by atoms with van der Waals surface area (Å²) in [7, 11) is 0. The first-order valence-corrected chi connectivity index (χ1v) is 5.26. The Kier molecular flexibility index (Phi) is 1.99. The fraction of sp³-hybridized carbons (Fsp3) is 0.909. The molecule has 1 spiro atoms. The molecule has 0 saturated heterocycles. The lowest BCUT2D eigenvalue weighted by atomic mass is 9.72. The van der Waals surface area contributed by atoms with Gasteiger partial charge in [0.05, 0.1) is 5.60 Å². The predicted molar refractivity (Wildman–Crippen MR) is 50.4 cm³/mol. The number of hydrogen-bond donors (Lipinski definition) is 1. The molecule has 2 aliphatic carbocycles. The minimum atomic E-state index is -0.502. The first kappa shape index (κ1) is 9.20. The first-order chi connectivity index (χ1) is 6.02. The maximum atomic E-state index is 11.4. The van der Waals surface area contributed by atoms with Crippen molar-refractivity contribution in [2.75, 3.05) is 0 Å². The Hall–Kier alpha value is -0.370. The first-order valence-electron chi connectivity index (χ1n) is 5.26. The van der Waals surface area contributed by atoms with E-state index in [4.69, 9.17) is 0 Å². The Morgan fingerprint density at radius 3 is 2.62 bits per heavy atom. The maximum absolute atomic E-state index is 11.4. The van der Waals surface area contributed by atoms with E-state index in [-0.39, 0.29) is 5.41 Å². The number of carbonyl (C=O) groups excluding carboxylic acids is 1. The standard InChI is InChI=1S/C11H18O2/c1-10(13)5-6-11(8-10)4-2-3-9(12)7-11/h13H,2-8H2,1H3. The lowest BCUT2D eigenvalue weighted by Gasteiger charge is -2.33. The van der Waals surface area contributed by atoms with Crippen molar-refractivity contribution in [3.05, 3.63) is 0 Å². The minimum Gasteiger partial charge on any atom is -0.390 e. The van der Waals surface area contributed by atoms with E-state index in [1.807, 2.05) is 6.92 Å². The van der Waals surface area contributed by atoms with Crippen LogP contribution in [0.5, 0.6) is 0 Å². The predicted octanol–water partition coefficient (Wildman–Crippen LogP) is 2.05. The zero-order valence-electron chi connectivity index (χ0n) is 8.31. The molecule has 2 aliphatic rings. The molecule has 2 heteroatoms. The highest BCUT2D eigenvalue weighted by molar-refractivity contribution is 5.80. The Bertz CT molecular complexity index is 232. The van der Waals surface area contributed by atoms with Gasteiger partial charge in [0.25, 0.3) is 0 Å². The van der Waals surface area contributed by atoms with E-state index in [0.29, 0.717) is 5.78 Å². The third-order valence-electron chi connectivity index (χ3n) is 3.68. The SMILES string of the molecule is CC1(O)CCC2(CCCC(=O)C2)C1. The summed E-state index contributed by atoms with van der Waals surface area (Å²) in [6.45, 7) is 1.90. The van der Waals surface area contributed by atoms with E-state index in [0.717, 1.165) is 44.9 Å². The minimum absolute atomic E-state index is 0.179. The van der Waals surface area contributed by atoms with Gasteiger partial charge in [0.1, 0.15) is 5.78 Å². The normalized spacial score (nSPS) is 45.8. The van der Waals surface area contributed by atoms with Gasteiger partial charge in [-0.05, 0) is 44.4 Å². The molecule has 0 heterocycles. The van der Waals surface area contributed by atoms with Gasteiger partial charge in [0, 0.05) is 12.8 Å². The van der Waals surface area contributed by atoms with Crippen molar-refractivity contribution in [1.82, 2.24) is 0 Å². The molecule has 0 aliphatic heterocycles. The summed E-state index contributed by atoms with van der Waals surface area (Å²) >= 11 is 0. The summed E-state index contributed by atoms with van der Waals surface area (Å²) in [5, 5.41) is 9.89. The lowest BCUT2D eigenvalue weighted by molar-refractivity contribution is -0.123. The van der Waals surface area contributed by atoms with Gasteiger partial charge in [0.2, 0.25) is 0 Å². The van der Waals surface area contributed by atoms with E-state index >= 15 is 0 Å². The summed E-state index contributed by atoms with van der Waals surface area (Å²) in [5.41, 5.74) is -0.323. The number of ketones is 1. The van der Waals surface area contributed by atoms with Crippen LogP contribution in [-0.4, -0.2) is 16.5 Å². The van der Waals surface area contributed by atoms with E-state index in [1.165, 1.54) is 0 Å². The van der Waals surface area contributed by atoms with Gasteiger partial charge in [-0.15, -0.1) is 0 Å². The number of aliphatic hydroxyl groups is 1. The molecule has 0 aromatic heterocycles. The highest BCUT2D eigenvalue weighted by atomic mass is 16.3. The molecule has 2 fully saturated rings. The Labute approximate surface area is 79.3 Å². The summed E-state index contributed by atoms with van der Waals surface area (Å²) in [6, 6.07) is 0. The van der Waals surface area contributed by atoms with Crippen molar-refractivity contribution < 1.29 is 9.90 Å². The van der Waals surface area contributed by atoms with Crippen molar-refractivity contribution in [3.63, 3.8) is 0 Å². The van der Waals surface area contributed by atoms with Crippen LogP contribution in [0.1, 0.15) is 51.9 Å². The van der Waals surface area contributed by atoms with Crippen molar-refractivity contribution in [1.29, 1.82) is 0 Å². The van der Waals surface area contributed by atoms with Gasteiger partial charge in [-0.3, -0.25) is 4.79 Å². The number of rotatable bonds is 0. The van der Waals surface area contributed by atoms with Gasteiger partial charge in [-0.25, -0.2) is 0 Å². The van der Waals surface area contributed by atoms with E-state index in [9.17, 15) is 9.90 Å². The topological polar surface area (TPSA) is 37.3 Å². The van der Waals surface area contributed by atoms with Gasteiger partial charge in [-0.1, -0.05) is 0 Å². The van der Waals surface area contributed by atoms with E-state index in [1.54, 1.807) is 0 Å².